The van der Waals surface area contributed by atoms with E-state index in [4.69, 9.17) is 17.3 Å². The van der Waals surface area contributed by atoms with Crippen LogP contribution in [-0.2, 0) is 0 Å². The third kappa shape index (κ3) is 7.10. The molecule has 1 atom stereocenters. The Kier molecular flexibility index (Phi) is 9.58. The summed E-state index contributed by atoms with van der Waals surface area (Å²) in [4.78, 5) is 0. The van der Waals surface area contributed by atoms with Crippen LogP contribution in [0.3, 0.4) is 0 Å². The lowest BCUT2D eigenvalue weighted by Gasteiger charge is -2.12. The first-order chi connectivity index (χ1) is 9.65. The van der Waals surface area contributed by atoms with Gasteiger partial charge >= 0.3 is 0 Å². The molecule has 0 aromatic heterocycles. The molecule has 0 bridgehead atoms. The van der Waals surface area contributed by atoms with Crippen molar-refractivity contribution in [2.75, 3.05) is 0 Å². The van der Waals surface area contributed by atoms with Gasteiger partial charge in [-0.1, -0.05) is 76.0 Å². The van der Waals surface area contributed by atoms with E-state index in [0.717, 1.165) is 21.5 Å². The molecule has 0 saturated carbocycles. The molecule has 3 heteroatoms. The summed E-state index contributed by atoms with van der Waals surface area (Å²) in [5, 5.41) is 0.744. The van der Waals surface area contributed by atoms with Crippen molar-refractivity contribution in [1.29, 1.82) is 0 Å². The molecule has 0 amide bonds. The average Bonchev–Trinajstić information content (AvgIpc) is 2.44. The van der Waals surface area contributed by atoms with Crippen LogP contribution in [0.25, 0.3) is 0 Å². The van der Waals surface area contributed by atoms with Crippen LogP contribution in [0.1, 0.15) is 76.3 Å². The zero-order valence-electron chi connectivity index (χ0n) is 12.5. The van der Waals surface area contributed by atoms with E-state index in [1.54, 1.807) is 0 Å². The van der Waals surface area contributed by atoms with Crippen molar-refractivity contribution in [3.8, 4) is 0 Å². The molecule has 0 fully saturated rings. The number of hydrogen-bond acceptors (Lipinski definition) is 1. The maximum Gasteiger partial charge on any atom is 0.0551 e. The molecule has 0 heterocycles. The van der Waals surface area contributed by atoms with Crippen molar-refractivity contribution in [1.82, 2.24) is 0 Å². The van der Waals surface area contributed by atoms with E-state index in [9.17, 15) is 0 Å². The minimum absolute atomic E-state index is 0.112. The zero-order valence-corrected chi connectivity index (χ0v) is 14.8. The summed E-state index contributed by atoms with van der Waals surface area (Å²) in [6.45, 7) is 2.26. The molecule has 1 nitrogen and oxygen atoms in total. The van der Waals surface area contributed by atoms with Crippen molar-refractivity contribution in [2.45, 2.75) is 70.8 Å². The quantitative estimate of drug-likeness (QED) is 0.465. The second kappa shape index (κ2) is 10.6. The standard InChI is InChI=1S/C17H27BrClN/c1-2-3-4-5-6-7-8-9-10-17(20)14-11-12-15(18)16(19)13-14/h11-13,17H,2-10,20H2,1H3. The van der Waals surface area contributed by atoms with E-state index in [1.165, 1.54) is 51.4 Å². The first kappa shape index (κ1) is 18.0. The van der Waals surface area contributed by atoms with Crippen LogP contribution in [0.15, 0.2) is 22.7 Å². The molecule has 0 aliphatic carbocycles. The van der Waals surface area contributed by atoms with Crippen molar-refractivity contribution < 1.29 is 0 Å². The Morgan fingerprint density at radius 2 is 1.65 bits per heavy atom. The highest BCUT2D eigenvalue weighted by atomic mass is 79.9. The van der Waals surface area contributed by atoms with E-state index in [1.807, 2.05) is 12.1 Å². The van der Waals surface area contributed by atoms with Gasteiger partial charge in [0.1, 0.15) is 0 Å². The number of rotatable bonds is 10. The molecule has 20 heavy (non-hydrogen) atoms. The van der Waals surface area contributed by atoms with Gasteiger partial charge in [-0.25, -0.2) is 0 Å². The first-order valence-corrected chi connectivity index (χ1v) is 9.02. The molecule has 1 aromatic carbocycles. The van der Waals surface area contributed by atoms with Crippen LogP contribution < -0.4 is 5.73 Å². The maximum absolute atomic E-state index is 6.22. The highest BCUT2D eigenvalue weighted by Crippen LogP contribution is 2.27. The van der Waals surface area contributed by atoms with Gasteiger partial charge in [0.25, 0.3) is 0 Å². The molecule has 1 aromatic rings. The topological polar surface area (TPSA) is 26.0 Å². The smallest absolute Gasteiger partial charge is 0.0551 e. The molecule has 2 N–H and O–H groups in total. The molecule has 0 radical (unpaired) electrons. The minimum Gasteiger partial charge on any atom is -0.324 e. The molecule has 0 aliphatic heterocycles. The van der Waals surface area contributed by atoms with Crippen molar-refractivity contribution in [2.24, 2.45) is 5.73 Å². The summed E-state index contributed by atoms with van der Waals surface area (Å²) in [6, 6.07) is 6.12. The Morgan fingerprint density at radius 1 is 1.05 bits per heavy atom. The van der Waals surface area contributed by atoms with E-state index >= 15 is 0 Å². The number of benzene rings is 1. The fourth-order valence-electron chi connectivity index (χ4n) is 2.41. The third-order valence-electron chi connectivity index (χ3n) is 3.74. The fraction of sp³-hybridized carbons (Fsp3) is 0.647. The fourth-order valence-corrected chi connectivity index (χ4v) is 2.84. The second-order valence-electron chi connectivity index (χ2n) is 5.54. The van der Waals surface area contributed by atoms with Gasteiger partial charge in [-0.05, 0) is 40.0 Å². The lowest BCUT2D eigenvalue weighted by atomic mass is 10.0. The van der Waals surface area contributed by atoms with Crippen molar-refractivity contribution >= 4 is 27.5 Å². The zero-order chi connectivity index (χ0) is 14.8. The highest BCUT2D eigenvalue weighted by Gasteiger charge is 2.07. The van der Waals surface area contributed by atoms with Crippen LogP contribution >= 0.6 is 27.5 Å². The monoisotopic (exact) mass is 359 g/mol. The number of nitrogens with two attached hydrogens (primary N) is 1. The molecule has 1 rings (SSSR count). The SMILES string of the molecule is CCCCCCCCCCC(N)c1ccc(Br)c(Cl)c1. The highest BCUT2D eigenvalue weighted by molar-refractivity contribution is 9.10. The molecular formula is C17H27BrClN. The molecular weight excluding hydrogens is 334 g/mol. The maximum atomic E-state index is 6.22. The molecule has 0 spiro atoms. The summed E-state index contributed by atoms with van der Waals surface area (Å²) in [7, 11) is 0. The number of halogens is 2. The summed E-state index contributed by atoms with van der Waals surface area (Å²) >= 11 is 9.50. The Bertz CT molecular complexity index is 381. The van der Waals surface area contributed by atoms with Gasteiger partial charge in [0.05, 0.1) is 5.02 Å². The Hall–Kier alpha value is -0.0500. The van der Waals surface area contributed by atoms with Crippen LogP contribution in [0.2, 0.25) is 5.02 Å². The van der Waals surface area contributed by atoms with Gasteiger partial charge in [-0.2, -0.15) is 0 Å². The van der Waals surface area contributed by atoms with Gasteiger partial charge < -0.3 is 5.73 Å². The van der Waals surface area contributed by atoms with Crippen molar-refractivity contribution in [3.05, 3.63) is 33.3 Å². The largest absolute Gasteiger partial charge is 0.324 e. The van der Waals surface area contributed by atoms with Crippen LogP contribution in [0, 0.1) is 0 Å². The van der Waals surface area contributed by atoms with Gasteiger partial charge in [0.15, 0.2) is 0 Å². The van der Waals surface area contributed by atoms with Crippen molar-refractivity contribution in [3.63, 3.8) is 0 Å². The molecule has 114 valence electrons. The van der Waals surface area contributed by atoms with Gasteiger partial charge in [-0.3, -0.25) is 0 Å². The predicted molar refractivity (Wildman–Crippen MR) is 93.3 cm³/mol. The number of unbranched alkanes of at least 4 members (excludes halogenated alkanes) is 7. The van der Waals surface area contributed by atoms with E-state index < -0.39 is 0 Å². The average molecular weight is 361 g/mol. The summed E-state index contributed by atoms with van der Waals surface area (Å²) in [5.74, 6) is 0. The lowest BCUT2D eigenvalue weighted by molar-refractivity contribution is 0.536. The normalized spacial score (nSPS) is 12.6. The van der Waals surface area contributed by atoms with E-state index in [-0.39, 0.29) is 6.04 Å². The summed E-state index contributed by atoms with van der Waals surface area (Å²) in [6.07, 6.45) is 11.8. The molecule has 0 saturated heterocycles. The third-order valence-corrected chi connectivity index (χ3v) is 4.97. The summed E-state index contributed by atoms with van der Waals surface area (Å²) in [5.41, 5.74) is 7.36. The van der Waals surface area contributed by atoms with Gasteiger partial charge in [-0.15, -0.1) is 0 Å². The van der Waals surface area contributed by atoms with Crippen LogP contribution in [-0.4, -0.2) is 0 Å². The summed E-state index contributed by atoms with van der Waals surface area (Å²) < 4.78 is 0.933. The van der Waals surface area contributed by atoms with Crippen LogP contribution in [0.5, 0.6) is 0 Å². The van der Waals surface area contributed by atoms with E-state index in [2.05, 4.69) is 28.9 Å². The van der Waals surface area contributed by atoms with Gasteiger partial charge in [0, 0.05) is 10.5 Å². The molecule has 1 unspecified atom stereocenters. The van der Waals surface area contributed by atoms with E-state index in [0.29, 0.717) is 0 Å². The Morgan fingerprint density at radius 3 is 2.25 bits per heavy atom. The first-order valence-electron chi connectivity index (χ1n) is 7.85. The second-order valence-corrected chi connectivity index (χ2v) is 6.81. The Balaban J connectivity index is 2.13. The molecule has 0 aliphatic rings. The predicted octanol–water partition coefficient (Wildman–Crippen LogP) is 6.63. The minimum atomic E-state index is 0.112. The lowest BCUT2D eigenvalue weighted by Crippen LogP contribution is -2.10. The number of hydrogen-bond donors (Lipinski definition) is 1. The van der Waals surface area contributed by atoms with Crippen LogP contribution in [0.4, 0.5) is 0 Å². The Labute approximate surface area is 137 Å². The van der Waals surface area contributed by atoms with Gasteiger partial charge in [0.2, 0.25) is 0 Å².